The fourth-order valence-corrected chi connectivity index (χ4v) is 3.71. The van der Waals surface area contributed by atoms with Gasteiger partial charge in [-0.1, -0.05) is 42.5 Å². The summed E-state index contributed by atoms with van der Waals surface area (Å²) in [6.07, 6.45) is -2.58. The molecule has 0 spiro atoms. The average Bonchev–Trinajstić information content (AvgIpc) is 2.81. The third-order valence-electron chi connectivity index (χ3n) is 5.60. The number of aromatic nitrogens is 1. The molecule has 0 radical (unpaired) electrons. The van der Waals surface area contributed by atoms with Crippen molar-refractivity contribution >= 4 is 0 Å². The second-order valence-corrected chi connectivity index (χ2v) is 8.09. The Kier molecular flexibility index (Phi) is 8.04. The predicted octanol–water partition coefficient (Wildman–Crippen LogP) is 6.42. The van der Waals surface area contributed by atoms with Gasteiger partial charge in [-0.05, 0) is 55.2 Å². The highest BCUT2D eigenvalue weighted by molar-refractivity contribution is 5.31. The molecule has 0 bridgehead atoms. The lowest BCUT2D eigenvalue weighted by Gasteiger charge is -2.29. The molecule has 2 aromatic carbocycles. The molecule has 8 heteroatoms. The fourth-order valence-electron chi connectivity index (χ4n) is 3.71. The van der Waals surface area contributed by atoms with Crippen molar-refractivity contribution in [1.82, 2.24) is 15.6 Å². The van der Waals surface area contributed by atoms with E-state index in [0.29, 0.717) is 29.7 Å². The van der Waals surface area contributed by atoms with Crippen molar-refractivity contribution in [2.75, 3.05) is 7.05 Å². The van der Waals surface area contributed by atoms with Gasteiger partial charge in [-0.2, -0.15) is 13.2 Å². The number of likely N-dealkylation sites (N-methyl/N-ethyl adjacent to an activating group) is 1. The minimum atomic E-state index is -4.51. The molecule has 180 valence electrons. The van der Waals surface area contributed by atoms with E-state index in [1.807, 2.05) is 6.92 Å². The van der Waals surface area contributed by atoms with E-state index in [0.717, 1.165) is 17.2 Å². The number of nitrogens with zero attached hydrogens (tertiary/aromatic N) is 1. The van der Waals surface area contributed by atoms with Crippen molar-refractivity contribution < 1.29 is 22.0 Å². The number of pyridine rings is 1. The van der Waals surface area contributed by atoms with Gasteiger partial charge in [0.05, 0.1) is 6.04 Å². The number of alkyl halides is 3. The van der Waals surface area contributed by atoms with Gasteiger partial charge in [-0.25, -0.2) is 8.78 Å². The first-order valence-corrected chi connectivity index (χ1v) is 10.7. The quantitative estimate of drug-likeness (QED) is 0.351. The molecule has 2 N–H and O–H groups in total. The van der Waals surface area contributed by atoms with Crippen LogP contribution in [0.15, 0.2) is 73.1 Å². The van der Waals surface area contributed by atoms with Gasteiger partial charge in [0.25, 0.3) is 0 Å². The number of aryl methyl sites for hydroxylation is 2. The smallest absolute Gasteiger partial charge is 0.390 e. The highest BCUT2D eigenvalue weighted by Gasteiger charge is 2.32. The molecule has 0 saturated heterocycles. The average molecular weight is 476 g/mol. The maximum atomic E-state index is 14.9. The lowest BCUT2D eigenvalue weighted by atomic mass is 9.94. The van der Waals surface area contributed by atoms with Crippen molar-refractivity contribution in [2.24, 2.45) is 0 Å². The van der Waals surface area contributed by atoms with Crippen LogP contribution in [0.4, 0.5) is 22.0 Å². The van der Waals surface area contributed by atoms with E-state index >= 15 is 0 Å². The van der Waals surface area contributed by atoms with Gasteiger partial charge in [-0.3, -0.25) is 10.3 Å². The minimum absolute atomic E-state index is 0.359. The first-order chi connectivity index (χ1) is 16.1. The molecule has 34 heavy (non-hydrogen) atoms. The molecule has 3 nitrogen and oxygen atoms in total. The maximum absolute atomic E-state index is 14.9. The van der Waals surface area contributed by atoms with Crippen LogP contribution in [-0.4, -0.2) is 12.0 Å². The van der Waals surface area contributed by atoms with E-state index in [1.54, 1.807) is 31.3 Å². The summed E-state index contributed by atoms with van der Waals surface area (Å²) in [5, 5.41) is 6.40. The lowest BCUT2D eigenvalue weighted by Crippen LogP contribution is -2.32. The third-order valence-corrected chi connectivity index (χ3v) is 5.60. The summed E-state index contributed by atoms with van der Waals surface area (Å²) in [5.41, 5.74) is 2.26. The van der Waals surface area contributed by atoms with Gasteiger partial charge in [0.2, 0.25) is 0 Å². The van der Waals surface area contributed by atoms with Crippen molar-refractivity contribution in [3.05, 3.63) is 113 Å². The molecular weight excluding hydrogens is 449 g/mol. The van der Waals surface area contributed by atoms with E-state index in [-0.39, 0.29) is 5.82 Å². The number of nitrogens with one attached hydrogen (secondary N) is 2. The summed E-state index contributed by atoms with van der Waals surface area (Å²) >= 11 is 0. The second kappa shape index (κ2) is 10.8. The molecule has 1 aromatic heterocycles. The molecule has 1 heterocycles. The van der Waals surface area contributed by atoms with Gasteiger partial charge in [0.1, 0.15) is 17.3 Å². The van der Waals surface area contributed by atoms with Gasteiger partial charge in [0, 0.05) is 30.5 Å². The first-order valence-electron chi connectivity index (χ1n) is 10.7. The summed E-state index contributed by atoms with van der Waals surface area (Å²) < 4.78 is 66.8. The zero-order valence-electron chi connectivity index (χ0n) is 18.9. The van der Waals surface area contributed by atoms with Crippen LogP contribution in [0.2, 0.25) is 0 Å². The van der Waals surface area contributed by atoms with E-state index < -0.39 is 29.8 Å². The van der Waals surface area contributed by atoms with Crippen LogP contribution in [0.5, 0.6) is 0 Å². The van der Waals surface area contributed by atoms with E-state index in [1.165, 1.54) is 30.5 Å². The molecule has 0 saturated carbocycles. The molecular formula is C26H26F5N3. The zero-order chi connectivity index (χ0) is 24.9. The molecule has 0 aliphatic rings. The summed E-state index contributed by atoms with van der Waals surface area (Å²) in [7, 11) is 1.71. The summed E-state index contributed by atoms with van der Waals surface area (Å²) in [6, 6.07) is 12.0. The highest BCUT2D eigenvalue weighted by atomic mass is 19.4. The van der Waals surface area contributed by atoms with Crippen LogP contribution in [-0.2, 0) is 12.6 Å². The standard InChI is InChI=1S/C26H26F5N3/c1-16-4-11-22(28)21(14-16)23(12-5-18-6-13-24(33-15-18)26(29,30)31)34-25(17(2)32-3)19-7-9-20(27)10-8-19/h4,6-11,13-15,23,25,32,34H,2,5,12H2,1,3H3/t23-,25-/m0/s1. The maximum Gasteiger partial charge on any atom is 0.433 e. The Morgan fingerprint density at radius 2 is 1.74 bits per heavy atom. The number of halogens is 5. The molecule has 0 amide bonds. The van der Waals surface area contributed by atoms with Crippen LogP contribution in [0, 0.1) is 18.6 Å². The normalized spacial score (nSPS) is 13.4. The second-order valence-electron chi connectivity index (χ2n) is 8.09. The van der Waals surface area contributed by atoms with Gasteiger partial charge in [0.15, 0.2) is 0 Å². The molecule has 0 unspecified atom stereocenters. The molecule has 0 aliphatic carbocycles. The summed E-state index contributed by atoms with van der Waals surface area (Å²) in [4.78, 5) is 3.51. The summed E-state index contributed by atoms with van der Waals surface area (Å²) in [5.74, 6) is -0.782. The van der Waals surface area contributed by atoms with Gasteiger partial charge < -0.3 is 5.32 Å². The Morgan fingerprint density at radius 1 is 1.03 bits per heavy atom. The third kappa shape index (κ3) is 6.41. The minimum Gasteiger partial charge on any atom is -0.390 e. The van der Waals surface area contributed by atoms with Crippen molar-refractivity contribution in [3.8, 4) is 0 Å². The number of benzene rings is 2. The number of rotatable bonds is 9. The molecule has 3 aromatic rings. The van der Waals surface area contributed by atoms with E-state index in [9.17, 15) is 22.0 Å². The Bertz CT molecular complexity index is 1110. The van der Waals surface area contributed by atoms with Gasteiger partial charge in [-0.15, -0.1) is 0 Å². The van der Waals surface area contributed by atoms with Crippen molar-refractivity contribution in [1.29, 1.82) is 0 Å². The molecule has 2 atom stereocenters. The van der Waals surface area contributed by atoms with Crippen LogP contribution in [0.1, 0.15) is 46.5 Å². The van der Waals surface area contributed by atoms with Crippen LogP contribution < -0.4 is 10.6 Å². The molecule has 0 aliphatic heterocycles. The zero-order valence-corrected chi connectivity index (χ0v) is 18.9. The number of hydrogen-bond donors (Lipinski definition) is 2. The van der Waals surface area contributed by atoms with Crippen LogP contribution in [0.3, 0.4) is 0 Å². The van der Waals surface area contributed by atoms with Crippen LogP contribution in [0.25, 0.3) is 0 Å². The van der Waals surface area contributed by atoms with Crippen LogP contribution >= 0.6 is 0 Å². The van der Waals surface area contributed by atoms with E-state index in [2.05, 4.69) is 22.2 Å². The SMILES string of the molecule is C=C(NC)[C@H](N[C@@H](CCc1ccc(C(F)(F)F)nc1)c1cc(C)ccc1F)c1ccc(F)cc1. The molecule has 0 fully saturated rings. The van der Waals surface area contributed by atoms with Crippen molar-refractivity contribution in [2.45, 2.75) is 38.0 Å². The lowest BCUT2D eigenvalue weighted by molar-refractivity contribution is -0.141. The Labute approximate surface area is 195 Å². The Morgan fingerprint density at radius 3 is 2.32 bits per heavy atom. The largest absolute Gasteiger partial charge is 0.433 e. The topological polar surface area (TPSA) is 37.0 Å². The monoisotopic (exact) mass is 475 g/mol. The molecule has 3 rings (SSSR count). The Balaban J connectivity index is 1.90. The van der Waals surface area contributed by atoms with Gasteiger partial charge >= 0.3 is 6.18 Å². The van der Waals surface area contributed by atoms with Crippen molar-refractivity contribution in [3.63, 3.8) is 0 Å². The highest BCUT2D eigenvalue weighted by Crippen LogP contribution is 2.30. The van der Waals surface area contributed by atoms with E-state index in [4.69, 9.17) is 0 Å². The summed E-state index contributed by atoms with van der Waals surface area (Å²) in [6.45, 7) is 5.88. The first kappa shape index (κ1) is 25.4. The fraction of sp³-hybridized carbons (Fsp3) is 0.269. The number of hydrogen-bond acceptors (Lipinski definition) is 3. The predicted molar refractivity (Wildman–Crippen MR) is 122 cm³/mol. The Hall–Kier alpha value is -3.26.